The Morgan fingerprint density at radius 1 is 1.30 bits per heavy atom. The van der Waals surface area contributed by atoms with Crippen LogP contribution >= 0.6 is 0 Å². The van der Waals surface area contributed by atoms with Gasteiger partial charge < -0.3 is 14.6 Å². The molecular formula is C18H23N3O2. The summed E-state index contributed by atoms with van der Waals surface area (Å²) >= 11 is 0. The standard InChI is InChI=1S/C18H23N3O2/c22-18(15-5-2-1-3-6-15)20-16-7-4-8-17(13-16)23-12-11-21-10-9-19-14-21/h4,7-10,13-15H,1-3,5-6,11-12H2,(H,20,22). The lowest BCUT2D eigenvalue weighted by Gasteiger charge is -2.20. The normalized spacial score (nSPS) is 15.3. The molecule has 1 amide bonds. The van der Waals surface area contributed by atoms with Gasteiger partial charge in [0.2, 0.25) is 5.91 Å². The van der Waals surface area contributed by atoms with Crippen LogP contribution in [0.2, 0.25) is 0 Å². The average Bonchev–Trinajstić information content (AvgIpc) is 3.09. The minimum atomic E-state index is 0.139. The van der Waals surface area contributed by atoms with Crippen molar-refractivity contribution in [3.8, 4) is 5.75 Å². The zero-order valence-corrected chi connectivity index (χ0v) is 13.3. The molecule has 0 unspecified atom stereocenters. The first-order valence-electron chi connectivity index (χ1n) is 8.31. The molecule has 0 radical (unpaired) electrons. The number of hydrogen-bond acceptors (Lipinski definition) is 3. The molecule has 3 rings (SSSR count). The highest BCUT2D eigenvalue weighted by Crippen LogP contribution is 2.25. The van der Waals surface area contributed by atoms with Gasteiger partial charge in [-0.2, -0.15) is 0 Å². The second-order valence-corrected chi connectivity index (χ2v) is 6.00. The lowest BCUT2D eigenvalue weighted by atomic mass is 9.88. The Labute approximate surface area is 136 Å². The number of carbonyl (C=O) groups is 1. The first-order chi connectivity index (χ1) is 11.3. The summed E-state index contributed by atoms with van der Waals surface area (Å²) in [6.07, 6.45) is 11.0. The lowest BCUT2D eigenvalue weighted by Crippen LogP contribution is -2.24. The van der Waals surface area contributed by atoms with E-state index in [2.05, 4.69) is 10.3 Å². The number of anilines is 1. The number of amides is 1. The number of aromatic nitrogens is 2. The Hall–Kier alpha value is -2.30. The highest BCUT2D eigenvalue weighted by molar-refractivity contribution is 5.92. The van der Waals surface area contributed by atoms with Crippen LogP contribution in [0, 0.1) is 5.92 Å². The van der Waals surface area contributed by atoms with Crippen molar-refractivity contribution in [1.82, 2.24) is 9.55 Å². The van der Waals surface area contributed by atoms with Gasteiger partial charge in [-0.25, -0.2) is 4.98 Å². The number of benzene rings is 1. The van der Waals surface area contributed by atoms with Gasteiger partial charge in [0.05, 0.1) is 12.9 Å². The maximum Gasteiger partial charge on any atom is 0.227 e. The Balaban J connectivity index is 1.51. The van der Waals surface area contributed by atoms with Crippen molar-refractivity contribution in [2.45, 2.75) is 38.6 Å². The van der Waals surface area contributed by atoms with E-state index in [-0.39, 0.29) is 11.8 Å². The largest absolute Gasteiger partial charge is 0.492 e. The fourth-order valence-electron chi connectivity index (χ4n) is 2.96. The molecule has 1 N–H and O–H groups in total. The van der Waals surface area contributed by atoms with Gasteiger partial charge in [-0.3, -0.25) is 4.79 Å². The highest BCUT2D eigenvalue weighted by atomic mass is 16.5. The maximum atomic E-state index is 12.3. The molecule has 1 saturated carbocycles. The first-order valence-corrected chi connectivity index (χ1v) is 8.31. The van der Waals surface area contributed by atoms with Crippen LogP contribution in [0.5, 0.6) is 5.75 Å². The van der Waals surface area contributed by atoms with Crippen LogP contribution in [0.25, 0.3) is 0 Å². The van der Waals surface area contributed by atoms with Gasteiger partial charge in [-0.15, -0.1) is 0 Å². The Morgan fingerprint density at radius 3 is 2.96 bits per heavy atom. The van der Waals surface area contributed by atoms with Crippen LogP contribution in [-0.2, 0) is 11.3 Å². The number of rotatable bonds is 6. The SMILES string of the molecule is O=C(Nc1cccc(OCCn2ccnc2)c1)C1CCCCC1. The monoisotopic (exact) mass is 313 g/mol. The summed E-state index contributed by atoms with van der Waals surface area (Å²) in [5.74, 6) is 1.07. The van der Waals surface area contributed by atoms with Crippen molar-refractivity contribution < 1.29 is 9.53 Å². The smallest absolute Gasteiger partial charge is 0.227 e. The van der Waals surface area contributed by atoms with Gasteiger partial charge >= 0.3 is 0 Å². The van der Waals surface area contributed by atoms with Crippen molar-refractivity contribution in [3.05, 3.63) is 43.0 Å². The van der Waals surface area contributed by atoms with Gasteiger partial charge in [0.25, 0.3) is 0 Å². The molecule has 0 atom stereocenters. The second-order valence-electron chi connectivity index (χ2n) is 6.00. The minimum absolute atomic E-state index is 0.139. The molecule has 23 heavy (non-hydrogen) atoms. The van der Waals surface area contributed by atoms with Crippen LogP contribution in [-0.4, -0.2) is 22.1 Å². The van der Waals surface area contributed by atoms with Crippen molar-refractivity contribution in [2.75, 3.05) is 11.9 Å². The Bertz CT molecular complexity index is 619. The minimum Gasteiger partial charge on any atom is -0.492 e. The van der Waals surface area contributed by atoms with Crippen LogP contribution in [0.15, 0.2) is 43.0 Å². The molecule has 2 aromatic rings. The molecule has 122 valence electrons. The summed E-state index contributed by atoms with van der Waals surface area (Å²) in [5, 5.41) is 3.02. The Morgan fingerprint density at radius 2 is 2.17 bits per heavy atom. The highest BCUT2D eigenvalue weighted by Gasteiger charge is 2.21. The van der Waals surface area contributed by atoms with Gasteiger partial charge in [-0.1, -0.05) is 25.3 Å². The molecule has 1 fully saturated rings. The maximum absolute atomic E-state index is 12.3. The summed E-state index contributed by atoms with van der Waals surface area (Å²) in [5.41, 5.74) is 0.806. The zero-order valence-electron chi connectivity index (χ0n) is 13.3. The number of nitrogens with one attached hydrogen (secondary N) is 1. The topological polar surface area (TPSA) is 56.1 Å². The third-order valence-electron chi connectivity index (χ3n) is 4.25. The number of ether oxygens (including phenoxy) is 1. The molecule has 5 nitrogen and oxygen atoms in total. The van der Waals surface area contributed by atoms with E-state index in [4.69, 9.17) is 4.74 Å². The number of carbonyl (C=O) groups excluding carboxylic acids is 1. The summed E-state index contributed by atoms with van der Waals surface area (Å²) < 4.78 is 7.71. The predicted octanol–water partition coefficient (Wildman–Crippen LogP) is 3.48. The summed E-state index contributed by atoms with van der Waals surface area (Å²) in [6.45, 7) is 1.31. The van der Waals surface area contributed by atoms with E-state index in [0.29, 0.717) is 6.61 Å². The molecule has 0 aliphatic heterocycles. The molecular weight excluding hydrogens is 290 g/mol. The van der Waals surface area contributed by atoms with E-state index in [0.717, 1.165) is 43.7 Å². The van der Waals surface area contributed by atoms with E-state index >= 15 is 0 Å². The molecule has 0 bridgehead atoms. The fraction of sp³-hybridized carbons (Fsp3) is 0.444. The van der Waals surface area contributed by atoms with Crippen molar-refractivity contribution in [1.29, 1.82) is 0 Å². The first kappa shape index (κ1) is 15.6. The third-order valence-corrected chi connectivity index (χ3v) is 4.25. The molecule has 1 aliphatic carbocycles. The molecule has 1 aromatic heterocycles. The average molecular weight is 313 g/mol. The molecule has 0 saturated heterocycles. The lowest BCUT2D eigenvalue weighted by molar-refractivity contribution is -0.120. The third kappa shape index (κ3) is 4.58. The van der Waals surface area contributed by atoms with Crippen molar-refractivity contribution in [3.63, 3.8) is 0 Å². The van der Waals surface area contributed by atoms with Gasteiger partial charge in [0.15, 0.2) is 0 Å². The van der Waals surface area contributed by atoms with Gasteiger partial charge in [0, 0.05) is 30.1 Å². The van der Waals surface area contributed by atoms with E-state index in [1.165, 1.54) is 6.42 Å². The zero-order chi connectivity index (χ0) is 15.9. The fourth-order valence-corrected chi connectivity index (χ4v) is 2.96. The van der Waals surface area contributed by atoms with Gasteiger partial charge in [0.1, 0.15) is 12.4 Å². The second kappa shape index (κ2) is 7.81. The van der Waals surface area contributed by atoms with Crippen LogP contribution in [0.4, 0.5) is 5.69 Å². The number of hydrogen-bond donors (Lipinski definition) is 1. The number of nitrogens with zero attached hydrogens (tertiary/aromatic N) is 2. The number of imidazole rings is 1. The predicted molar refractivity (Wildman–Crippen MR) is 89.4 cm³/mol. The summed E-state index contributed by atoms with van der Waals surface area (Å²) in [4.78, 5) is 16.3. The Kier molecular flexibility index (Phi) is 5.29. The van der Waals surface area contributed by atoms with Crippen molar-refractivity contribution >= 4 is 11.6 Å². The van der Waals surface area contributed by atoms with E-state index in [9.17, 15) is 4.79 Å². The van der Waals surface area contributed by atoms with Crippen molar-refractivity contribution in [2.24, 2.45) is 5.92 Å². The molecule has 1 heterocycles. The molecule has 1 aliphatic rings. The van der Waals surface area contributed by atoms with E-state index < -0.39 is 0 Å². The van der Waals surface area contributed by atoms with Crippen LogP contribution in [0.3, 0.4) is 0 Å². The molecule has 5 heteroatoms. The van der Waals surface area contributed by atoms with Crippen LogP contribution < -0.4 is 10.1 Å². The quantitative estimate of drug-likeness (QED) is 0.888. The molecule has 1 aromatic carbocycles. The summed E-state index contributed by atoms with van der Waals surface area (Å²) in [7, 11) is 0. The van der Waals surface area contributed by atoms with Crippen LogP contribution in [0.1, 0.15) is 32.1 Å². The van der Waals surface area contributed by atoms with E-state index in [1.807, 2.05) is 35.0 Å². The summed E-state index contributed by atoms with van der Waals surface area (Å²) in [6, 6.07) is 7.60. The van der Waals surface area contributed by atoms with E-state index in [1.54, 1.807) is 12.5 Å². The van der Waals surface area contributed by atoms with Gasteiger partial charge in [-0.05, 0) is 25.0 Å². The molecule has 0 spiro atoms.